The van der Waals surface area contributed by atoms with Gasteiger partial charge in [0.2, 0.25) is 5.91 Å². The molecule has 6 nitrogen and oxygen atoms in total. The Morgan fingerprint density at radius 1 is 1.19 bits per heavy atom. The van der Waals surface area contributed by atoms with Gasteiger partial charge in [-0.3, -0.25) is 4.79 Å². The highest BCUT2D eigenvalue weighted by molar-refractivity contribution is 5.96. The van der Waals surface area contributed by atoms with E-state index < -0.39 is 5.63 Å². The molecule has 0 saturated carbocycles. The summed E-state index contributed by atoms with van der Waals surface area (Å²) in [5.41, 5.74) is 2.63. The first-order valence-corrected chi connectivity index (χ1v) is 9.14. The van der Waals surface area contributed by atoms with E-state index in [1.807, 2.05) is 33.8 Å². The molecule has 3 rings (SSSR count). The van der Waals surface area contributed by atoms with Crippen LogP contribution in [-0.2, 0) is 11.2 Å². The van der Waals surface area contributed by atoms with Crippen LogP contribution < -0.4 is 10.9 Å². The minimum absolute atomic E-state index is 0.0822. The molecule has 0 aliphatic rings. The predicted octanol–water partition coefficient (Wildman–Crippen LogP) is 3.22. The molecule has 0 saturated heterocycles. The lowest BCUT2D eigenvalue weighted by atomic mass is 10.0. The smallest absolute Gasteiger partial charge is 0.340 e. The van der Waals surface area contributed by atoms with Gasteiger partial charge in [-0.2, -0.15) is 0 Å². The molecule has 0 aliphatic carbocycles. The highest BCUT2D eigenvalue weighted by atomic mass is 16.4. The number of fused-ring (bicyclic) bond motifs is 2. The van der Waals surface area contributed by atoms with E-state index in [1.165, 1.54) is 0 Å². The van der Waals surface area contributed by atoms with E-state index in [1.54, 1.807) is 12.3 Å². The van der Waals surface area contributed by atoms with Crippen molar-refractivity contribution in [2.24, 2.45) is 5.92 Å². The van der Waals surface area contributed by atoms with E-state index in [0.29, 0.717) is 29.1 Å². The van der Waals surface area contributed by atoms with E-state index in [9.17, 15) is 14.7 Å². The van der Waals surface area contributed by atoms with E-state index >= 15 is 0 Å². The zero-order valence-electron chi connectivity index (χ0n) is 16.1. The molecule has 2 aromatic heterocycles. The Balaban J connectivity index is 1.94. The van der Waals surface area contributed by atoms with Crippen LogP contribution in [0.25, 0.3) is 21.9 Å². The quantitative estimate of drug-likeness (QED) is 0.649. The van der Waals surface area contributed by atoms with Crippen LogP contribution in [0.1, 0.15) is 37.0 Å². The van der Waals surface area contributed by atoms with Crippen LogP contribution in [-0.4, -0.2) is 23.7 Å². The molecular formula is C21H25NO5. The van der Waals surface area contributed by atoms with Gasteiger partial charge in [-0.1, -0.05) is 13.8 Å². The Kier molecular flexibility index (Phi) is 5.37. The number of aliphatic hydroxyl groups excluding tert-OH is 1. The van der Waals surface area contributed by atoms with Crippen LogP contribution >= 0.6 is 0 Å². The molecule has 1 amide bonds. The lowest BCUT2D eigenvalue weighted by Gasteiger charge is -2.18. The Morgan fingerprint density at radius 2 is 1.93 bits per heavy atom. The molecule has 0 bridgehead atoms. The van der Waals surface area contributed by atoms with Gasteiger partial charge in [0, 0.05) is 16.8 Å². The fraction of sp³-hybridized carbons (Fsp3) is 0.429. The van der Waals surface area contributed by atoms with Crippen molar-refractivity contribution >= 4 is 27.8 Å². The number of rotatable bonds is 6. The van der Waals surface area contributed by atoms with E-state index in [2.05, 4.69) is 5.32 Å². The monoisotopic (exact) mass is 371 g/mol. The van der Waals surface area contributed by atoms with Crippen LogP contribution in [0.5, 0.6) is 0 Å². The SMILES string of the molecule is Cc1coc2cc3oc(=O)c(CC(=O)NC(CO)CC(C)C)c(C)c3cc12. The van der Waals surface area contributed by atoms with Crippen LogP contribution in [0, 0.1) is 19.8 Å². The summed E-state index contributed by atoms with van der Waals surface area (Å²) in [7, 11) is 0. The van der Waals surface area contributed by atoms with Gasteiger partial charge in [0.15, 0.2) is 0 Å². The van der Waals surface area contributed by atoms with Gasteiger partial charge >= 0.3 is 5.63 Å². The number of nitrogens with one attached hydrogen (secondary N) is 1. The van der Waals surface area contributed by atoms with Crippen molar-refractivity contribution in [3.63, 3.8) is 0 Å². The molecule has 144 valence electrons. The van der Waals surface area contributed by atoms with Crippen molar-refractivity contribution in [1.29, 1.82) is 0 Å². The lowest BCUT2D eigenvalue weighted by molar-refractivity contribution is -0.121. The van der Waals surface area contributed by atoms with Crippen LogP contribution in [0.3, 0.4) is 0 Å². The van der Waals surface area contributed by atoms with Gasteiger partial charge in [-0.15, -0.1) is 0 Å². The van der Waals surface area contributed by atoms with Crippen molar-refractivity contribution in [3.8, 4) is 0 Å². The average molecular weight is 371 g/mol. The Labute approximate surface area is 157 Å². The highest BCUT2D eigenvalue weighted by Gasteiger charge is 2.19. The number of hydrogen-bond acceptors (Lipinski definition) is 5. The molecule has 6 heteroatoms. The molecule has 3 aromatic rings. The Morgan fingerprint density at radius 3 is 2.59 bits per heavy atom. The molecule has 1 unspecified atom stereocenters. The second-order valence-electron chi connectivity index (χ2n) is 7.51. The lowest BCUT2D eigenvalue weighted by Crippen LogP contribution is -2.40. The largest absolute Gasteiger partial charge is 0.464 e. The van der Waals surface area contributed by atoms with E-state index in [-0.39, 0.29) is 25.0 Å². The first-order chi connectivity index (χ1) is 12.8. The average Bonchev–Trinajstić information content (AvgIpc) is 2.96. The topological polar surface area (TPSA) is 92.7 Å². The van der Waals surface area contributed by atoms with Gasteiger partial charge in [0.25, 0.3) is 0 Å². The molecule has 0 spiro atoms. The third-order valence-electron chi connectivity index (χ3n) is 4.85. The maximum atomic E-state index is 12.4. The minimum Gasteiger partial charge on any atom is -0.464 e. The molecule has 0 fully saturated rings. The highest BCUT2D eigenvalue weighted by Crippen LogP contribution is 2.28. The predicted molar refractivity (Wildman–Crippen MR) is 104 cm³/mol. The van der Waals surface area contributed by atoms with Crippen LogP contribution in [0.2, 0.25) is 0 Å². The van der Waals surface area contributed by atoms with Gasteiger partial charge in [0.1, 0.15) is 11.2 Å². The van der Waals surface area contributed by atoms with Crippen molar-refractivity contribution in [3.05, 3.63) is 45.5 Å². The first kappa shape index (κ1) is 19.2. The maximum Gasteiger partial charge on any atom is 0.340 e. The Hall–Kier alpha value is -2.60. The molecule has 27 heavy (non-hydrogen) atoms. The third-order valence-corrected chi connectivity index (χ3v) is 4.85. The summed E-state index contributed by atoms with van der Waals surface area (Å²) in [6, 6.07) is 3.32. The van der Waals surface area contributed by atoms with Gasteiger partial charge in [-0.25, -0.2) is 4.79 Å². The van der Waals surface area contributed by atoms with Crippen molar-refractivity contribution in [1.82, 2.24) is 5.32 Å². The van der Waals surface area contributed by atoms with E-state index in [4.69, 9.17) is 8.83 Å². The van der Waals surface area contributed by atoms with Crippen LogP contribution in [0.4, 0.5) is 0 Å². The van der Waals surface area contributed by atoms with Gasteiger partial charge in [-0.05, 0) is 43.4 Å². The molecule has 2 heterocycles. The number of hydrogen-bond donors (Lipinski definition) is 2. The number of aryl methyl sites for hydroxylation is 2. The van der Waals surface area contributed by atoms with Crippen molar-refractivity contribution < 1.29 is 18.7 Å². The molecular weight excluding hydrogens is 346 g/mol. The Bertz CT molecular complexity index is 1040. The van der Waals surface area contributed by atoms with Crippen LogP contribution in [0.15, 0.2) is 32.0 Å². The number of amides is 1. The summed E-state index contributed by atoms with van der Waals surface area (Å²) in [6.07, 6.45) is 2.25. The van der Waals surface area contributed by atoms with E-state index in [0.717, 1.165) is 21.9 Å². The number of benzene rings is 1. The molecule has 1 aromatic carbocycles. The summed E-state index contributed by atoms with van der Waals surface area (Å²) in [5.74, 6) is 0.0422. The number of carbonyl (C=O) groups is 1. The second-order valence-corrected chi connectivity index (χ2v) is 7.51. The summed E-state index contributed by atoms with van der Waals surface area (Å²) in [5, 5.41) is 14.0. The minimum atomic E-state index is -0.526. The summed E-state index contributed by atoms with van der Waals surface area (Å²) in [6.45, 7) is 7.68. The summed E-state index contributed by atoms with van der Waals surface area (Å²) in [4.78, 5) is 24.8. The third kappa shape index (κ3) is 3.90. The number of carbonyl (C=O) groups excluding carboxylic acids is 1. The molecule has 0 radical (unpaired) electrons. The molecule has 0 aliphatic heterocycles. The standard InChI is InChI=1S/C21H25NO5/c1-11(2)5-14(9-23)22-20(24)7-17-13(4)16-6-15-12(3)10-26-18(15)8-19(16)27-21(17)25/h6,8,10-11,14,23H,5,7,9H2,1-4H3,(H,22,24). The zero-order valence-corrected chi connectivity index (χ0v) is 16.1. The van der Waals surface area contributed by atoms with Crippen molar-refractivity contribution in [2.45, 2.75) is 46.6 Å². The first-order valence-electron chi connectivity index (χ1n) is 9.14. The van der Waals surface area contributed by atoms with Gasteiger partial charge in [0.05, 0.1) is 30.9 Å². The fourth-order valence-electron chi connectivity index (χ4n) is 3.43. The van der Waals surface area contributed by atoms with Crippen molar-refractivity contribution in [2.75, 3.05) is 6.61 Å². The number of aliphatic hydroxyl groups is 1. The van der Waals surface area contributed by atoms with Gasteiger partial charge < -0.3 is 19.3 Å². The maximum absolute atomic E-state index is 12.4. The normalized spacial score (nSPS) is 12.8. The fourth-order valence-corrected chi connectivity index (χ4v) is 3.43. The summed E-state index contributed by atoms with van der Waals surface area (Å²) >= 11 is 0. The molecule has 1 atom stereocenters. The summed E-state index contributed by atoms with van der Waals surface area (Å²) < 4.78 is 10.9. The number of furan rings is 1. The zero-order chi connectivity index (χ0) is 19.7. The second kappa shape index (κ2) is 7.56. The molecule has 2 N–H and O–H groups in total.